The Morgan fingerprint density at radius 2 is 2.04 bits per heavy atom. The molecule has 1 aromatic carbocycles. The predicted octanol–water partition coefficient (Wildman–Crippen LogP) is 3.27. The number of hydrogen-bond donors (Lipinski definition) is 2. The van der Waals surface area contributed by atoms with Crippen LogP contribution in [0.5, 0.6) is 0 Å². The maximum absolute atomic E-state index is 12.8. The number of benzene rings is 1. The minimum Gasteiger partial charge on any atom is -0.343 e. The summed E-state index contributed by atoms with van der Waals surface area (Å²) in [4.78, 5) is 33.3. The number of aromatic amines is 2. The molecule has 0 aliphatic carbocycles. The molecule has 2 N–H and O–H groups in total. The molecule has 0 aliphatic heterocycles. The van der Waals surface area contributed by atoms with Gasteiger partial charge in [0.2, 0.25) is 5.13 Å². The summed E-state index contributed by atoms with van der Waals surface area (Å²) in [6.45, 7) is 3.96. The van der Waals surface area contributed by atoms with Crippen LogP contribution in [0, 0.1) is 6.92 Å². The molecule has 0 spiro atoms. The first-order chi connectivity index (χ1) is 12.1. The highest BCUT2D eigenvalue weighted by Crippen LogP contribution is 2.23. The Hall–Kier alpha value is -2.67. The van der Waals surface area contributed by atoms with Crippen molar-refractivity contribution in [3.05, 3.63) is 56.1 Å². The average Bonchev–Trinajstić information content (AvgIpc) is 3.15. The molecule has 0 aliphatic rings. The number of thiazole rings is 1. The molecule has 7 heteroatoms. The summed E-state index contributed by atoms with van der Waals surface area (Å²) in [6, 6.07) is 7.71. The first kappa shape index (κ1) is 15.8. The van der Waals surface area contributed by atoms with E-state index in [1.54, 1.807) is 0 Å². The Labute approximate surface area is 147 Å². The summed E-state index contributed by atoms with van der Waals surface area (Å²) in [5.74, 6) is 0. The van der Waals surface area contributed by atoms with Crippen LogP contribution in [0.4, 0.5) is 0 Å². The van der Waals surface area contributed by atoms with Crippen LogP contribution in [0.2, 0.25) is 0 Å². The molecule has 25 heavy (non-hydrogen) atoms. The molecular weight excluding hydrogens is 336 g/mol. The summed E-state index contributed by atoms with van der Waals surface area (Å²) in [7, 11) is 0. The van der Waals surface area contributed by atoms with Gasteiger partial charge in [0.25, 0.3) is 5.56 Å². The fourth-order valence-electron chi connectivity index (χ4n) is 3.07. The quantitative estimate of drug-likeness (QED) is 0.590. The molecule has 3 aromatic heterocycles. The first-order valence-corrected chi connectivity index (χ1v) is 9.14. The molecule has 0 saturated carbocycles. The smallest absolute Gasteiger partial charge is 0.286 e. The van der Waals surface area contributed by atoms with Gasteiger partial charge in [-0.3, -0.25) is 14.7 Å². The largest absolute Gasteiger partial charge is 0.343 e. The Morgan fingerprint density at radius 3 is 2.80 bits per heavy atom. The summed E-state index contributed by atoms with van der Waals surface area (Å²) in [6.07, 6.45) is 2.60. The van der Waals surface area contributed by atoms with E-state index < -0.39 is 0 Å². The van der Waals surface area contributed by atoms with Crippen molar-refractivity contribution in [1.29, 1.82) is 0 Å². The highest BCUT2D eigenvalue weighted by atomic mass is 32.1. The van der Waals surface area contributed by atoms with Gasteiger partial charge in [-0.25, -0.2) is 4.98 Å². The van der Waals surface area contributed by atoms with E-state index in [4.69, 9.17) is 0 Å². The van der Waals surface area contributed by atoms with Crippen LogP contribution in [0.3, 0.4) is 0 Å². The van der Waals surface area contributed by atoms with Gasteiger partial charge in [0, 0.05) is 11.3 Å². The third-order valence-corrected chi connectivity index (χ3v) is 5.43. The van der Waals surface area contributed by atoms with Crippen LogP contribution in [0.25, 0.3) is 26.4 Å². The Morgan fingerprint density at radius 1 is 1.24 bits per heavy atom. The molecule has 0 radical (unpaired) electrons. The van der Waals surface area contributed by atoms with E-state index in [0.717, 1.165) is 28.8 Å². The van der Waals surface area contributed by atoms with Crippen LogP contribution >= 0.6 is 11.3 Å². The third kappa shape index (κ3) is 2.51. The lowest BCUT2D eigenvalue weighted by atomic mass is 10.1. The molecule has 3 heterocycles. The lowest BCUT2D eigenvalue weighted by Crippen LogP contribution is -2.21. The topological polar surface area (TPSA) is 83.5 Å². The SMILES string of the molecule is CCCCc1c(C)[nH]c2[nH]n(-c3nc4ccccc4s3)c(=O)c2c1=O. The van der Waals surface area contributed by atoms with Gasteiger partial charge in [-0.05, 0) is 31.9 Å². The van der Waals surface area contributed by atoms with Gasteiger partial charge in [0.15, 0.2) is 5.43 Å². The maximum Gasteiger partial charge on any atom is 0.286 e. The van der Waals surface area contributed by atoms with Gasteiger partial charge in [0.05, 0.1) is 10.2 Å². The number of para-hydroxylation sites is 1. The van der Waals surface area contributed by atoms with E-state index in [-0.39, 0.29) is 16.4 Å². The summed E-state index contributed by atoms with van der Waals surface area (Å²) < 4.78 is 2.35. The Kier molecular flexibility index (Phi) is 3.80. The van der Waals surface area contributed by atoms with Crippen LogP contribution in [0.1, 0.15) is 31.0 Å². The van der Waals surface area contributed by atoms with Crippen LogP contribution in [0.15, 0.2) is 33.9 Å². The number of H-pyrrole nitrogens is 2. The van der Waals surface area contributed by atoms with E-state index in [9.17, 15) is 9.59 Å². The zero-order valence-electron chi connectivity index (χ0n) is 14.0. The first-order valence-electron chi connectivity index (χ1n) is 8.32. The normalized spacial score (nSPS) is 11.6. The third-order valence-electron chi connectivity index (χ3n) is 4.41. The highest BCUT2D eigenvalue weighted by molar-refractivity contribution is 7.20. The molecule has 4 rings (SSSR count). The molecule has 0 amide bonds. The van der Waals surface area contributed by atoms with Crippen LogP contribution in [-0.2, 0) is 6.42 Å². The van der Waals surface area contributed by atoms with Crippen molar-refractivity contribution in [2.45, 2.75) is 33.1 Å². The van der Waals surface area contributed by atoms with Gasteiger partial charge in [-0.15, -0.1) is 0 Å². The van der Waals surface area contributed by atoms with Crippen molar-refractivity contribution in [3.8, 4) is 5.13 Å². The van der Waals surface area contributed by atoms with Crippen molar-refractivity contribution in [3.63, 3.8) is 0 Å². The van der Waals surface area contributed by atoms with Crippen molar-refractivity contribution < 1.29 is 0 Å². The van der Waals surface area contributed by atoms with Crippen molar-refractivity contribution >= 4 is 32.6 Å². The summed E-state index contributed by atoms with van der Waals surface area (Å²) >= 11 is 1.41. The molecule has 6 nitrogen and oxygen atoms in total. The molecular formula is C18H18N4O2S. The number of unbranched alkanes of at least 4 members (excludes halogenated alkanes) is 1. The fourth-order valence-corrected chi connectivity index (χ4v) is 3.99. The zero-order chi connectivity index (χ0) is 17.6. The van der Waals surface area contributed by atoms with E-state index in [1.165, 1.54) is 16.0 Å². The van der Waals surface area contributed by atoms with Gasteiger partial charge in [-0.2, -0.15) is 4.68 Å². The van der Waals surface area contributed by atoms with E-state index >= 15 is 0 Å². The number of pyridine rings is 1. The van der Waals surface area contributed by atoms with Gasteiger partial charge in [-0.1, -0.05) is 36.8 Å². The number of fused-ring (bicyclic) bond motifs is 2. The average molecular weight is 354 g/mol. The number of hydrogen-bond acceptors (Lipinski definition) is 4. The van der Waals surface area contributed by atoms with Gasteiger partial charge >= 0.3 is 0 Å². The number of aromatic nitrogens is 4. The molecule has 0 saturated heterocycles. The van der Waals surface area contributed by atoms with E-state index in [1.807, 2.05) is 31.2 Å². The molecule has 0 fully saturated rings. The standard InChI is InChI=1S/C18H18N4O2S/c1-3-4-7-11-10(2)19-16-14(15(11)23)17(24)22(21-16)18-20-12-8-5-6-9-13(12)25-18/h5-6,8-9H,3-4,7H2,1-2H3,(H2,19,21,23). The molecule has 4 aromatic rings. The lowest BCUT2D eigenvalue weighted by Gasteiger charge is -2.03. The second-order valence-electron chi connectivity index (χ2n) is 6.13. The van der Waals surface area contributed by atoms with Crippen molar-refractivity contribution in [2.24, 2.45) is 0 Å². The molecule has 0 bridgehead atoms. The predicted molar refractivity (Wildman–Crippen MR) is 101 cm³/mol. The Balaban J connectivity index is 1.94. The van der Waals surface area contributed by atoms with Crippen LogP contribution in [-0.4, -0.2) is 19.7 Å². The zero-order valence-corrected chi connectivity index (χ0v) is 14.9. The van der Waals surface area contributed by atoms with E-state index in [0.29, 0.717) is 22.8 Å². The second kappa shape index (κ2) is 6.00. The Bertz CT molecular complexity index is 1160. The lowest BCUT2D eigenvalue weighted by molar-refractivity contribution is 0.784. The molecule has 128 valence electrons. The highest BCUT2D eigenvalue weighted by Gasteiger charge is 2.18. The fraction of sp³-hybridized carbons (Fsp3) is 0.278. The van der Waals surface area contributed by atoms with Crippen molar-refractivity contribution in [1.82, 2.24) is 19.7 Å². The second-order valence-corrected chi connectivity index (χ2v) is 7.14. The summed E-state index contributed by atoms with van der Waals surface area (Å²) in [5, 5.41) is 3.71. The molecule has 0 unspecified atom stereocenters. The number of rotatable bonds is 4. The van der Waals surface area contributed by atoms with E-state index in [2.05, 4.69) is 22.0 Å². The summed E-state index contributed by atoms with van der Waals surface area (Å²) in [5.41, 5.74) is 2.26. The van der Waals surface area contributed by atoms with Crippen molar-refractivity contribution in [2.75, 3.05) is 0 Å². The molecule has 0 atom stereocenters. The number of aryl methyl sites for hydroxylation is 1. The van der Waals surface area contributed by atoms with Gasteiger partial charge in [0.1, 0.15) is 11.0 Å². The van der Waals surface area contributed by atoms with Crippen LogP contribution < -0.4 is 11.0 Å². The maximum atomic E-state index is 12.8. The number of nitrogens with one attached hydrogen (secondary N) is 2. The minimum atomic E-state index is -0.354. The van der Waals surface area contributed by atoms with Gasteiger partial charge < -0.3 is 4.98 Å². The minimum absolute atomic E-state index is 0.177. The monoisotopic (exact) mass is 354 g/mol. The number of nitrogens with zero attached hydrogens (tertiary/aromatic N) is 2.